The number of para-hydroxylation sites is 1. The van der Waals surface area contributed by atoms with Crippen LogP contribution in [0.4, 0.5) is 11.4 Å². The predicted molar refractivity (Wildman–Crippen MR) is 142 cm³/mol. The summed E-state index contributed by atoms with van der Waals surface area (Å²) < 4.78 is 5.54. The van der Waals surface area contributed by atoms with Crippen LogP contribution in [-0.4, -0.2) is 54.1 Å². The van der Waals surface area contributed by atoms with Gasteiger partial charge in [0.1, 0.15) is 11.7 Å². The second-order valence-electron chi connectivity index (χ2n) is 8.32. The maximum absolute atomic E-state index is 13.0. The van der Waals surface area contributed by atoms with Crippen molar-refractivity contribution >= 4 is 28.3 Å². The van der Waals surface area contributed by atoms with Crippen LogP contribution in [0.25, 0.3) is 11.1 Å². The van der Waals surface area contributed by atoms with Crippen molar-refractivity contribution in [3.8, 4) is 17.0 Å². The number of carbonyl (C=O) groups is 1. The van der Waals surface area contributed by atoms with Crippen molar-refractivity contribution in [2.24, 2.45) is 0 Å². The molecule has 0 bridgehead atoms. The molecule has 0 spiro atoms. The van der Waals surface area contributed by atoms with E-state index in [2.05, 4.69) is 76.8 Å². The zero-order valence-electron chi connectivity index (χ0n) is 20.2. The normalized spacial score (nSPS) is 16.4. The number of methoxy groups -OCH3 is 1. The fourth-order valence-electron chi connectivity index (χ4n) is 4.46. The van der Waals surface area contributed by atoms with Gasteiger partial charge >= 0.3 is 0 Å². The molecule has 2 aromatic carbocycles. The molecule has 6 nitrogen and oxygen atoms in total. The molecule has 7 heteroatoms. The number of aromatic nitrogens is 1. The molecule has 1 N–H and O–H groups in total. The van der Waals surface area contributed by atoms with Gasteiger partial charge in [0.05, 0.1) is 7.11 Å². The molecule has 178 valence electrons. The van der Waals surface area contributed by atoms with Gasteiger partial charge in [-0.05, 0) is 42.9 Å². The van der Waals surface area contributed by atoms with Gasteiger partial charge in [-0.25, -0.2) is 9.99 Å². The largest absolute Gasteiger partial charge is 0.479 e. The first-order chi connectivity index (χ1) is 16.5. The monoisotopic (exact) mass is 476 g/mol. The minimum absolute atomic E-state index is 0.129. The van der Waals surface area contributed by atoms with Crippen molar-refractivity contribution in [3.05, 3.63) is 71.9 Å². The second-order valence-corrected chi connectivity index (χ2v) is 9.13. The smallest absolute Gasteiger partial charge is 0.238 e. The predicted octanol–water partition coefficient (Wildman–Crippen LogP) is 5.04. The van der Waals surface area contributed by atoms with Gasteiger partial charge in [-0.3, -0.25) is 4.79 Å². The SMILES string of the molecule is CCc1cc(NN2CCN(c3ccccc3-c3ccccc3)CC2C(=O)SC)c(OC)nc1C. The van der Waals surface area contributed by atoms with Crippen molar-refractivity contribution in [1.82, 2.24) is 9.99 Å². The Kier molecular flexibility index (Phi) is 7.75. The van der Waals surface area contributed by atoms with Crippen molar-refractivity contribution in [2.45, 2.75) is 26.3 Å². The van der Waals surface area contributed by atoms with Crippen molar-refractivity contribution in [1.29, 1.82) is 0 Å². The lowest BCUT2D eigenvalue weighted by atomic mass is 10.0. The molecular formula is C27H32N4O2S. The Morgan fingerprint density at radius 2 is 1.88 bits per heavy atom. The minimum atomic E-state index is -0.316. The quantitative estimate of drug-likeness (QED) is 0.513. The number of anilines is 2. The number of hydrazine groups is 1. The summed E-state index contributed by atoms with van der Waals surface area (Å²) in [4.78, 5) is 20.0. The number of hydrogen-bond acceptors (Lipinski definition) is 7. The molecular weight excluding hydrogens is 444 g/mol. The number of carbonyl (C=O) groups excluding carboxylic acids is 1. The lowest BCUT2D eigenvalue weighted by Crippen LogP contribution is -2.58. The Hall–Kier alpha value is -3.03. The van der Waals surface area contributed by atoms with Crippen molar-refractivity contribution in [3.63, 3.8) is 0 Å². The van der Waals surface area contributed by atoms with Crippen LogP contribution in [0.5, 0.6) is 5.88 Å². The Balaban J connectivity index is 1.62. The number of hydrogen-bond donors (Lipinski definition) is 1. The van der Waals surface area contributed by atoms with Gasteiger partial charge in [-0.1, -0.05) is 67.2 Å². The van der Waals surface area contributed by atoms with Gasteiger partial charge in [0, 0.05) is 36.6 Å². The number of pyridine rings is 1. The summed E-state index contributed by atoms with van der Waals surface area (Å²) in [5.74, 6) is 0.543. The lowest BCUT2D eigenvalue weighted by Gasteiger charge is -2.42. The third-order valence-electron chi connectivity index (χ3n) is 6.30. The number of nitrogens with one attached hydrogen (secondary N) is 1. The summed E-state index contributed by atoms with van der Waals surface area (Å²) in [6.45, 7) is 6.17. The standard InChI is InChI=1S/C27H32N4O2S/c1-5-20-17-23(26(33-3)28-19(20)2)29-31-16-15-30(18-25(31)27(32)34-4)24-14-10-9-13-22(24)21-11-7-6-8-12-21/h6-14,17,25,29H,5,15-16,18H2,1-4H3. The topological polar surface area (TPSA) is 57.7 Å². The average molecular weight is 477 g/mol. The number of rotatable bonds is 7. The van der Waals surface area contributed by atoms with Gasteiger partial charge in [0.2, 0.25) is 11.0 Å². The number of aryl methyl sites for hydroxylation is 2. The van der Waals surface area contributed by atoms with E-state index in [4.69, 9.17) is 4.74 Å². The number of nitrogens with zero attached hydrogens (tertiary/aromatic N) is 3. The summed E-state index contributed by atoms with van der Waals surface area (Å²) in [6, 6.07) is 20.6. The third kappa shape index (κ3) is 5.05. The van der Waals surface area contributed by atoms with Gasteiger partial charge in [-0.15, -0.1) is 0 Å². The van der Waals surface area contributed by atoms with E-state index in [9.17, 15) is 4.79 Å². The molecule has 0 saturated carbocycles. The molecule has 1 aliphatic heterocycles. The Morgan fingerprint density at radius 3 is 2.59 bits per heavy atom. The molecule has 1 aromatic heterocycles. The fraction of sp³-hybridized carbons (Fsp3) is 0.333. The zero-order valence-corrected chi connectivity index (χ0v) is 21.1. The van der Waals surface area contributed by atoms with E-state index >= 15 is 0 Å². The van der Waals surface area contributed by atoms with Crippen molar-refractivity contribution in [2.75, 3.05) is 43.3 Å². The summed E-state index contributed by atoms with van der Waals surface area (Å²) in [7, 11) is 1.63. The Bertz CT molecular complexity index is 1140. The van der Waals surface area contributed by atoms with Crippen LogP contribution in [0.2, 0.25) is 0 Å². The zero-order chi connectivity index (χ0) is 24.1. The molecule has 1 atom stereocenters. The fourth-order valence-corrected chi connectivity index (χ4v) is 4.93. The highest BCUT2D eigenvalue weighted by molar-refractivity contribution is 8.13. The highest BCUT2D eigenvalue weighted by Crippen LogP contribution is 2.33. The van der Waals surface area contributed by atoms with Gasteiger partial charge < -0.3 is 15.1 Å². The highest BCUT2D eigenvalue weighted by atomic mass is 32.2. The maximum Gasteiger partial charge on any atom is 0.238 e. The van der Waals surface area contributed by atoms with E-state index in [1.807, 2.05) is 24.3 Å². The molecule has 1 saturated heterocycles. The van der Waals surface area contributed by atoms with Crippen LogP contribution in [0.15, 0.2) is 60.7 Å². The lowest BCUT2D eigenvalue weighted by molar-refractivity contribution is -0.115. The summed E-state index contributed by atoms with van der Waals surface area (Å²) >= 11 is 1.27. The number of thioether (sulfide) groups is 1. The first-order valence-electron chi connectivity index (χ1n) is 11.6. The molecule has 0 radical (unpaired) electrons. The number of benzene rings is 2. The summed E-state index contributed by atoms with van der Waals surface area (Å²) in [5, 5.41) is 2.17. The van der Waals surface area contributed by atoms with Crippen LogP contribution in [0, 0.1) is 6.92 Å². The molecule has 1 unspecified atom stereocenters. The third-order valence-corrected chi connectivity index (χ3v) is 6.98. The van der Waals surface area contributed by atoms with Crippen LogP contribution in [-0.2, 0) is 11.2 Å². The van der Waals surface area contributed by atoms with Gasteiger partial charge in [0.25, 0.3) is 0 Å². The van der Waals surface area contributed by atoms with Gasteiger partial charge in [0.15, 0.2) is 0 Å². The second kappa shape index (κ2) is 10.9. The van der Waals surface area contributed by atoms with Crippen LogP contribution in [0.1, 0.15) is 18.2 Å². The minimum Gasteiger partial charge on any atom is -0.479 e. The molecule has 0 amide bonds. The van der Waals surface area contributed by atoms with Crippen LogP contribution >= 0.6 is 11.8 Å². The van der Waals surface area contributed by atoms with E-state index in [1.165, 1.54) is 22.9 Å². The number of ether oxygens (including phenoxy) is 1. The first kappa shape index (κ1) is 24.1. The molecule has 0 aliphatic carbocycles. The average Bonchev–Trinajstić information content (AvgIpc) is 2.89. The Labute approximate surface area is 206 Å². The van der Waals surface area contributed by atoms with E-state index < -0.39 is 0 Å². The first-order valence-corrected chi connectivity index (χ1v) is 12.8. The van der Waals surface area contributed by atoms with E-state index in [0.717, 1.165) is 35.6 Å². The van der Waals surface area contributed by atoms with Crippen LogP contribution in [0.3, 0.4) is 0 Å². The van der Waals surface area contributed by atoms with E-state index in [1.54, 1.807) is 7.11 Å². The van der Waals surface area contributed by atoms with Crippen molar-refractivity contribution < 1.29 is 9.53 Å². The van der Waals surface area contributed by atoms with Crippen LogP contribution < -0.4 is 15.1 Å². The molecule has 4 rings (SSSR count). The number of piperazine rings is 1. The molecule has 3 aromatic rings. The molecule has 2 heterocycles. The van der Waals surface area contributed by atoms with E-state index in [-0.39, 0.29) is 11.2 Å². The molecule has 34 heavy (non-hydrogen) atoms. The Morgan fingerprint density at radius 1 is 1.15 bits per heavy atom. The summed E-state index contributed by atoms with van der Waals surface area (Å²) in [6.07, 6.45) is 2.73. The summed E-state index contributed by atoms with van der Waals surface area (Å²) in [5.41, 5.74) is 9.89. The van der Waals surface area contributed by atoms with Gasteiger partial charge in [-0.2, -0.15) is 0 Å². The maximum atomic E-state index is 13.0. The van der Waals surface area contributed by atoms with E-state index in [0.29, 0.717) is 19.0 Å². The molecule has 1 aliphatic rings. The highest BCUT2D eigenvalue weighted by Gasteiger charge is 2.33. The molecule has 1 fully saturated rings.